The number of nitrogens with zero attached hydrogens (tertiary/aromatic N) is 1. The standard InChI is InChI=1S/C10H21N3OS/c1-14-5-4-12-10(13-11)8-9-2-6-15-7-3-9/h9H,2-8,11H2,1H3,(H,12,13). The van der Waals surface area contributed by atoms with Crippen LogP contribution in [0, 0.1) is 5.92 Å². The van der Waals surface area contributed by atoms with E-state index in [1.165, 1.54) is 24.3 Å². The number of nitrogens with one attached hydrogen (secondary N) is 1. The van der Waals surface area contributed by atoms with Crippen molar-refractivity contribution in [3.05, 3.63) is 0 Å². The molecule has 1 aliphatic rings. The highest BCUT2D eigenvalue weighted by molar-refractivity contribution is 7.99. The fourth-order valence-electron chi connectivity index (χ4n) is 1.66. The van der Waals surface area contributed by atoms with Gasteiger partial charge in [0.1, 0.15) is 5.84 Å². The number of methoxy groups -OCH3 is 1. The van der Waals surface area contributed by atoms with Crippen LogP contribution in [0.3, 0.4) is 0 Å². The van der Waals surface area contributed by atoms with Gasteiger partial charge in [-0.1, -0.05) is 0 Å². The van der Waals surface area contributed by atoms with Crippen LogP contribution in [-0.2, 0) is 4.74 Å². The van der Waals surface area contributed by atoms with Crippen molar-refractivity contribution in [2.24, 2.45) is 16.8 Å². The predicted molar refractivity (Wildman–Crippen MR) is 66.2 cm³/mol. The highest BCUT2D eigenvalue weighted by Crippen LogP contribution is 2.25. The predicted octanol–water partition coefficient (Wildman–Crippen LogP) is 1.03. The molecule has 0 aliphatic carbocycles. The molecule has 15 heavy (non-hydrogen) atoms. The average molecular weight is 231 g/mol. The van der Waals surface area contributed by atoms with Crippen molar-refractivity contribution >= 4 is 17.6 Å². The number of hydrogen-bond acceptors (Lipinski definition) is 4. The van der Waals surface area contributed by atoms with Gasteiger partial charge in [-0.2, -0.15) is 11.8 Å². The van der Waals surface area contributed by atoms with Crippen LogP contribution in [0.15, 0.2) is 4.99 Å². The lowest BCUT2D eigenvalue weighted by molar-refractivity contribution is 0.208. The molecule has 0 atom stereocenters. The Morgan fingerprint density at radius 1 is 1.53 bits per heavy atom. The smallest absolute Gasteiger partial charge is 0.111 e. The summed E-state index contributed by atoms with van der Waals surface area (Å²) in [6, 6.07) is 0. The molecule has 0 amide bonds. The van der Waals surface area contributed by atoms with Crippen LogP contribution < -0.4 is 11.3 Å². The SMILES string of the molecule is COCCN=C(CC1CCSCC1)NN. The van der Waals surface area contributed by atoms with Crippen molar-refractivity contribution in [1.29, 1.82) is 0 Å². The summed E-state index contributed by atoms with van der Waals surface area (Å²) in [6.45, 7) is 1.35. The third-order valence-electron chi connectivity index (χ3n) is 2.59. The summed E-state index contributed by atoms with van der Waals surface area (Å²) in [4.78, 5) is 4.37. The fraction of sp³-hybridized carbons (Fsp3) is 0.900. The van der Waals surface area contributed by atoms with Gasteiger partial charge in [0.2, 0.25) is 0 Å². The number of aliphatic imine (C=N–C) groups is 1. The second-order valence-electron chi connectivity index (χ2n) is 3.73. The maximum absolute atomic E-state index is 5.45. The summed E-state index contributed by atoms with van der Waals surface area (Å²) < 4.78 is 4.95. The second kappa shape index (κ2) is 7.96. The number of hydrazine groups is 1. The zero-order valence-electron chi connectivity index (χ0n) is 9.37. The molecule has 0 aromatic rings. The molecule has 0 aromatic carbocycles. The number of amidine groups is 1. The van der Waals surface area contributed by atoms with Crippen molar-refractivity contribution in [3.63, 3.8) is 0 Å². The van der Waals surface area contributed by atoms with E-state index in [9.17, 15) is 0 Å². The molecule has 0 aromatic heterocycles. The van der Waals surface area contributed by atoms with Gasteiger partial charge in [-0.05, 0) is 30.3 Å². The highest BCUT2D eigenvalue weighted by atomic mass is 32.2. The second-order valence-corrected chi connectivity index (χ2v) is 4.95. The summed E-state index contributed by atoms with van der Waals surface area (Å²) in [5.74, 6) is 9.68. The van der Waals surface area contributed by atoms with Crippen LogP contribution in [0.1, 0.15) is 19.3 Å². The van der Waals surface area contributed by atoms with Crippen LogP contribution in [-0.4, -0.2) is 37.6 Å². The van der Waals surface area contributed by atoms with E-state index in [0.717, 1.165) is 18.2 Å². The highest BCUT2D eigenvalue weighted by Gasteiger charge is 2.15. The van der Waals surface area contributed by atoms with E-state index >= 15 is 0 Å². The minimum atomic E-state index is 0.658. The zero-order chi connectivity index (χ0) is 10.9. The third kappa shape index (κ3) is 5.39. The molecule has 1 heterocycles. The van der Waals surface area contributed by atoms with Crippen molar-refractivity contribution in [2.45, 2.75) is 19.3 Å². The maximum atomic E-state index is 5.45. The van der Waals surface area contributed by atoms with Crippen molar-refractivity contribution < 1.29 is 4.74 Å². The van der Waals surface area contributed by atoms with Gasteiger partial charge in [0.25, 0.3) is 0 Å². The summed E-state index contributed by atoms with van der Waals surface area (Å²) in [5.41, 5.74) is 2.70. The molecule has 0 spiro atoms. The summed E-state index contributed by atoms with van der Waals surface area (Å²) in [7, 11) is 1.68. The van der Waals surface area contributed by atoms with E-state index in [0.29, 0.717) is 13.2 Å². The minimum absolute atomic E-state index is 0.658. The Morgan fingerprint density at radius 2 is 2.27 bits per heavy atom. The molecule has 1 aliphatic heterocycles. The number of rotatable bonds is 5. The normalized spacial score (nSPS) is 19.2. The average Bonchev–Trinajstić information content (AvgIpc) is 2.29. The quantitative estimate of drug-likeness (QED) is 0.244. The van der Waals surface area contributed by atoms with Crippen LogP contribution in [0.2, 0.25) is 0 Å². The van der Waals surface area contributed by atoms with Gasteiger partial charge in [-0.3, -0.25) is 4.99 Å². The number of ether oxygens (including phenoxy) is 1. The largest absolute Gasteiger partial charge is 0.383 e. The summed E-state index contributed by atoms with van der Waals surface area (Å²) >= 11 is 2.04. The van der Waals surface area contributed by atoms with Crippen molar-refractivity contribution in [2.75, 3.05) is 31.8 Å². The minimum Gasteiger partial charge on any atom is -0.383 e. The first-order valence-corrected chi connectivity index (χ1v) is 6.59. The fourth-order valence-corrected chi connectivity index (χ4v) is 2.87. The molecule has 5 heteroatoms. The van der Waals surface area contributed by atoms with E-state index in [1.54, 1.807) is 7.11 Å². The molecule has 0 radical (unpaired) electrons. The monoisotopic (exact) mass is 231 g/mol. The molecule has 4 nitrogen and oxygen atoms in total. The molecule has 1 fully saturated rings. The van der Waals surface area contributed by atoms with Gasteiger partial charge in [-0.25, -0.2) is 5.84 Å². The maximum Gasteiger partial charge on any atom is 0.111 e. The topological polar surface area (TPSA) is 59.6 Å². The number of hydrogen-bond donors (Lipinski definition) is 2. The van der Waals surface area contributed by atoms with Crippen LogP contribution in [0.5, 0.6) is 0 Å². The Bertz CT molecular complexity index is 193. The van der Waals surface area contributed by atoms with E-state index in [1.807, 2.05) is 11.8 Å². The molecule has 0 unspecified atom stereocenters. The lowest BCUT2D eigenvalue weighted by Crippen LogP contribution is -2.33. The molecule has 0 bridgehead atoms. The van der Waals surface area contributed by atoms with E-state index in [4.69, 9.17) is 10.6 Å². The molecular weight excluding hydrogens is 210 g/mol. The Hall–Kier alpha value is -0.260. The molecule has 88 valence electrons. The Kier molecular flexibility index (Phi) is 6.80. The molecule has 1 saturated heterocycles. The third-order valence-corrected chi connectivity index (χ3v) is 3.64. The summed E-state index contributed by atoms with van der Waals surface area (Å²) in [6.07, 6.45) is 3.56. The first kappa shape index (κ1) is 12.8. The number of nitrogens with two attached hydrogens (primary N) is 1. The molecule has 1 rings (SSSR count). The first-order valence-electron chi connectivity index (χ1n) is 5.43. The van der Waals surface area contributed by atoms with Gasteiger partial charge in [-0.15, -0.1) is 0 Å². The number of thioether (sulfide) groups is 1. The summed E-state index contributed by atoms with van der Waals surface area (Å²) in [5, 5.41) is 0. The van der Waals surface area contributed by atoms with E-state index in [2.05, 4.69) is 10.4 Å². The van der Waals surface area contributed by atoms with E-state index < -0.39 is 0 Å². The van der Waals surface area contributed by atoms with Crippen LogP contribution in [0.25, 0.3) is 0 Å². The zero-order valence-corrected chi connectivity index (χ0v) is 10.2. The Morgan fingerprint density at radius 3 is 2.87 bits per heavy atom. The Labute approximate surface area is 96.0 Å². The molecule has 3 N–H and O–H groups in total. The van der Waals surface area contributed by atoms with E-state index in [-0.39, 0.29) is 0 Å². The Balaban J connectivity index is 2.27. The van der Waals surface area contributed by atoms with Gasteiger partial charge in [0.05, 0.1) is 13.2 Å². The van der Waals surface area contributed by atoms with Gasteiger partial charge in [0.15, 0.2) is 0 Å². The van der Waals surface area contributed by atoms with Crippen LogP contribution >= 0.6 is 11.8 Å². The molecule has 0 saturated carbocycles. The lowest BCUT2D eigenvalue weighted by Gasteiger charge is -2.21. The van der Waals surface area contributed by atoms with Crippen molar-refractivity contribution in [3.8, 4) is 0 Å². The lowest BCUT2D eigenvalue weighted by atomic mass is 9.98. The van der Waals surface area contributed by atoms with Gasteiger partial charge >= 0.3 is 0 Å². The van der Waals surface area contributed by atoms with Crippen LogP contribution in [0.4, 0.5) is 0 Å². The van der Waals surface area contributed by atoms with Crippen molar-refractivity contribution in [1.82, 2.24) is 5.43 Å². The molecular formula is C10H21N3OS. The van der Waals surface area contributed by atoms with Gasteiger partial charge < -0.3 is 10.2 Å². The first-order chi connectivity index (χ1) is 7.36. The van der Waals surface area contributed by atoms with Gasteiger partial charge in [0, 0.05) is 13.5 Å².